The van der Waals surface area contributed by atoms with Crippen LogP contribution in [0.4, 0.5) is 0 Å². The lowest BCUT2D eigenvalue weighted by molar-refractivity contribution is 0.178. The Balaban J connectivity index is 2.10. The van der Waals surface area contributed by atoms with Crippen molar-refractivity contribution in [2.45, 2.75) is 57.8 Å². The molecule has 0 spiro atoms. The molecular weight excluding hydrogens is 224 g/mol. The van der Waals surface area contributed by atoms with Crippen molar-refractivity contribution in [1.29, 1.82) is 0 Å². The van der Waals surface area contributed by atoms with Gasteiger partial charge in [0.15, 0.2) is 0 Å². The number of imidazole rings is 1. The lowest BCUT2D eigenvalue weighted by atomic mass is 9.71. The van der Waals surface area contributed by atoms with Crippen LogP contribution in [0.3, 0.4) is 0 Å². The molecule has 1 aliphatic rings. The molecule has 2 atom stereocenters. The molecule has 3 heteroatoms. The average molecular weight is 250 g/mol. The van der Waals surface area contributed by atoms with Crippen molar-refractivity contribution >= 4 is 0 Å². The molecule has 0 radical (unpaired) electrons. The molecule has 102 valence electrons. The Morgan fingerprint density at radius 2 is 2.17 bits per heavy atom. The minimum Gasteiger partial charge on any atom is -0.396 e. The average Bonchev–Trinajstić information content (AvgIpc) is 2.93. The molecule has 0 bridgehead atoms. The Morgan fingerprint density at radius 3 is 2.72 bits per heavy atom. The molecule has 1 aromatic heterocycles. The minimum atomic E-state index is 0.265. The highest BCUT2D eigenvalue weighted by Gasteiger charge is 2.30. The summed E-state index contributed by atoms with van der Waals surface area (Å²) in [5.41, 5.74) is 1.14. The maximum absolute atomic E-state index is 9.34. The van der Waals surface area contributed by atoms with Gasteiger partial charge in [-0.3, -0.25) is 0 Å². The molecule has 1 aliphatic carbocycles. The predicted molar refractivity (Wildman–Crippen MR) is 73.4 cm³/mol. The second kappa shape index (κ2) is 6.93. The van der Waals surface area contributed by atoms with Crippen molar-refractivity contribution in [2.75, 3.05) is 6.61 Å². The lowest BCUT2D eigenvalue weighted by Gasteiger charge is -2.34. The van der Waals surface area contributed by atoms with Crippen molar-refractivity contribution in [3.63, 3.8) is 0 Å². The Morgan fingerprint density at radius 1 is 1.39 bits per heavy atom. The van der Waals surface area contributed by atoms with Gasteiger partial charge in [-0.25, -0.2) is 4.98 Å². The maximum atomic E-state index is 9.34. The summed E-state index contributed by atoms with van der Waals surface area (Å²) in [4.78, 5) is 7.49. The van der Waals surface area contributed by atoms with Gasteiger partial charge in [-0.1, -0.05) is 45.4 Å². The lowest BCUT2D eigenvalue weighted by Crippen LogP contribution is -2.25. The van der Waals surface area contributed by atoms with Crippen LogP contribution in [0.15, 0.2) is 12.5 Å². The highest BCUT2D eigenvalue weighted by molar-refractivity contribution is 5.06. The van der Waals surface area contributed by atoms with Crippen molar-refractivity contribution in [2.24, 2.45) is 11.8 Å². The smallest absolute Gasteiger partial charge is 0.0923 e. The van der Waals surface area contributed by atoms with E-state index < -0.39 is 0 Å². The van der Waals surface area contributed by atoms with Crippen LogP contribution in [-0.4, -0.2) is 21.7 Å². The van der Waals surface area contributed by atoms with Gasteiger partial charge in [-0.05, 0) is 18.3 Å². The summed E-state index contributed by atoms with van der Waals surface area (Å²) in [5, 5.41) is 9.34. The summed E-state index contributed by atoms with van der Waals surface area (Å²) in [6, 6.07) is 0. The molecule has 0 amide bonds. The molecule has 1 aromatic rings. The van der Waals surface area contributed by atoms with Gasteiger partial charge in [0.05, 0.1) is 12.0 Å². The maximum Gasteiger partial charge on any atom is 0.0923 e. The van der Waals surface area contributed by atoms with E-state index in [2.05, 4.69) is 16.9 Å². The zero-order chi connectivity index (χ0) is 12.8. The summed E-state index contributed by atoms with van der Waals surface area (Å²) >= 11 is 0. The minimum absolute atomic E-state index is 0.265. The van der Waals surface area contributed by atoms with E-state index in [9.17, 15) is 5.11 Å². The van der Waals surface area contributed by atoms with Gasteiger partial charge in [0, 0.05) is 18.7 Å². The van der Waals surface area contributed by atoms with E-state index in [1.54, 1.807) is 6.33 Å². The third kappa shape index (κ3) is 3.14. The third-order valence-electron chi connectivity index (χ3n) is 4.58. The first-order valence-corrected chi connectivity index (χ1v) is 7.46. The number of nitrogens with one attached hydrogen (secondary N) is 1. The number of aromatic amines is 1. The monoisotopic (exact) mass is 250 g/mol. The molecule has 3 nitrogen and oxygen atoms in total. The molecule has 1 heterocycles. The molecule has 0 aliphatic heterocycles. The van der Waals surface area contributed by atoms with Gasteiger partial charge < -0.3 is 10.1 Å². The van der Waals surface area contributed by atoms with E-state index in [1.165, 1.54) is 38.5 Å². The van der Waals surface area contributed by atoms with E-state index in [1.807, 2.05) is 6.20 Å². The zero-order valence-electron chi connectivity index (χ0n) is 11.4. The summed E-state index contributed by atoms with van der Waals surface area (Å²) in [6.45, 7) is 2.55. The number of rotatable bonds is 6. The standard InChI is InChI=1S/C15H26N2O/c1-2-13(12-6-4-3-5-7-12)14(8-9-18)15-10-16-11-17-15/h10-14,18H,2-9H2,1H3,(H,16,17). The van der Waals surface area contributed by atoms with Gasteiger partial charge in [-0.15, -0.1) is 0 Å². The Bertz CT molecular complexity index is 317. The Labute approximate surface area is 110 Å². The fourth-order valence-electron chi connectivity index (χ4n) is 3.70. The fraction of sp³-hybridized carbons (Fsp3) is 0.800. The number of nitrogens with zero attached hydrogens (tertiary/aromatic N) is 1. The van der Waals surface area contributed by atoms with E-state index in [0.717, 1.165) is 18.0 Å². The summed E-state index contributed by atoms with van der Waals surface area (Å²) in [7, 11) is 0. The third-order valence-corrected chi connectivity index (χ3v) is 4.58. The van der Waals surface area contributed by atoms with Gasteiger partial charge in [0.25, 0.3) is 0 Å². The Hall–Kier alpha value is -0.830. The van der Waals surface area contributed by atoms with Crippen molar-refractivity contribution in [3.8, 4) is 0 Å². The van der Waals surface area contributed by atoms with Gasteiger partial charge in [0.2, 0.25) is 0 Å². The highest BCUT2D eigenvalue weighted by atomic mass is 16.3. The number of aliphatic hydroxyl groups excluding tert-OH is 1. The number of H-pyrrole nitrogens is 1. The first kappa shape index (κ1) is 13.6. The van der Waals surface area contributed by atoms with Gasteiger partial charge in [0.1, 0.15) is 0 Å². The van der Waals surface area contributed by atoms with E-state index >= 15 is 0 Å². The normalized spacial score (nSPS) is 20.8. The van der Waals surface area contributed by atoms with Gasteiger partial charge >= 0.3 is 0 Å². The molecule has 18 heavy (non-hydrogen) atoms. The number of aliphatic hydroxyl groups is 1. The first-order valence-electron chi connectivity index (χ1n) is 7.46. The van der Waals surface area contributed by atoms with E-state index in [0.29, 0.717) is 11.8 Å². The topological polar surface area (TPSA) is 48.9 Å². The predicted octanol–water partition coefficient (Wildman–Crippen LogP) is 3.48. The quantitative estimate of drug-likeness (QED) is 0.812. The zero-order valence-corrected chi connectivity index (χ0v) is 11.4. The molecule has 2 N–H and O–H groups in total. The summed E-state index contributed by atoms with van der Waals surface area (Å²) in [6.07, 6.45) is 12.7. The molecule has 2 rings (SSSR count). The van der Waals surface area contributed by atoms with E-state index in [4.69, 9.17) is 0 Å². The van der Waals surface area contributed by atoms with Crippen LogP contribution < -0.4 is 0 Å². The molecule has 2 unspecified atom stereocenters. The molecule has 1 saturated carbocycles. The van der Waals surface area contributed by atoms with Crippen LogP contribution in [0, 0.1) is 11.8 Å². The number of hydrogen-bond donors (Lipinski definition) is 2. The highest BCUT2D eigenvalue weighted by Crippen LogP contribution is 2.40. The second-order valence-electron chi connectivity index (χ2n) is 5.58. The largest absolute Gasteiger partial charge is 0.396 e. The number of hydrogen-bond acceptors (Lipinski definition) is 2. The van der Waals surface area contributed by atoms with Crippen LogP contribution in [0.25, 0.3) is 0 Å². The molecule has 1 fully saturated rings. The van der Waals surface area contributed by atoms with Crippen LogP contribution in [0.1, 0.15) is 63.5 Å². The van der Waals surface area contributed by atoms with Crippen LogP contribution >= 0.6 is 0 Å². The van der Waals surface area contributed by atoms with Crippen LogP contribution in [0.2, 0.25) is 0 Å². The Kier molecular flexibility index (Phi) is 5.24. The van der Waals surface area contributed by atoms with Crippen molar-refractivity contribution in [3.05, 3.63) is 18.2 Å². The van der Waals surface area contributed by atoms with Crippen molar-refractivity contribution < 1.29 is 5.11 Å². The summed E-state index contributed by atoms with van der Waals surface area (Å²) < 4.78 is 0. The first-order chi connectivity index (χ1) is 8.86. The van der Waals surface area contributed by atoms with Crippen LogP contribution in [-0.2, 0) is 0 Å². The van der Waals surface area contributed by atoms with Gasteiger partial charge in [-0.2, -0.15) is 0 Å². The summed E-state index contributed by atoms with van der Waals surface area (Å²) in [5.74, 6) is 1.94. The molecular formula is C15H26N2O. The van der Waals surface area contributed by atoms with Crippen molar-refractivity contribution in [1.82, 2.24) is 9.97 Å². The molecule has 0 saturated heterocycles. The SMILES string of the molecule is CCC(C1CCCCC1)C(CCO)c1c[nH]cn1. The number of aromatic nitrogens is 2. The fourth-order valence-corrected chi connectivity index (χ4v) is 3.70. The molecule has 0 aromatic carbocycles. The second-order valence-corrected chi connectivity index (χ2v) is 5.58. The van der Waals surface area contributed by atoms with E-state index in [-0.39, 0.29) is 6.61 Å². The van der Waals surface area contributed by atoms with Crippen LogP contribution in [0.5, 0.6) is 0 Å².